The molecule has 0 bridgehead atoms. The molecule has 0 spiro atoms. The third-order valence-corrected chi connectivity index (χ3v) is 5.08. The summed E-state index contributed by atoms with van der Waals surface area (Å²) in [5.41, 5.74) is 2.78. The van der Waals surface area contributed by atoms with E-state index >= 15 is 0 Å². The largest absolute Gasteiger partial charge is 0.343 e. The van der Waals surface area contributed by atoms with Gasteiger partial charge in [0.25, 0.3) is 0 Å². The quantitative estimate of drug-likeness (QED) is 0.751. The Balaban J connectivity index is 1.37. The number of likely N-dealkylation sites (tertiary alicyclic amines) is 1. The number of piperidine rings is 1. The first-order chi connectivity index (χ1) is 13.2. The fourth-order valence-corrected chi connectivity index (χ4v) is 3.63. The molecule has 3 heterocycles. The normalized spacial score (nSPS) is 15.2. The Bertz CT molecular complexity index is 899. The molecule has 1 fully saturated rings. The van der Waals surface area contributed by atoms with Gasteiger partial charge in [0.1, 0.15) is 18.5 Å². The Kier molecular flexibility index (Phi) is 4.95. The first kappa shape index (κ1) is 17.4. The van der Waals surface area contributed by atoms with Gasteiger partial charge in [-0.15, -0.1) is 0 Å². The van der Waals surface area contributed by atoms with E-state index in [0.717, 1.165) is 29.7 Å². The van der Waals surface area contributed by atoms with Crippen molar-refractivity contribution in [2.75, 3.05) is 13.1 Å². The number of halogens is 1. The molecule has 1 aromatic carbocycles. The Morgan fingerprint density at radius 2 is 2.15 bits per heavy atom. The monoisotopic (exact) mass is 368 g/mol. The summed E-state index contributed by atoms with van der Waals surface area (Å²) in [4.78, 5) is 18.2. The minimum absolute atomic E-state index is 0.138. The summed E-state index contributed by atoms with van der Waals surface area (Å²) in [6.45, 7) is 1.97. The lowest BCUT2D eigenvalue weighted by Gasteiger charge is -2.32. The van der Waals surface area contributed by atoms with E-state index in [2.05, 4.69) is 20.3 Å². The van der Waals surface area contributed by atoms with Crippen molar-refractivity contribution in [2.24, 2.45) is 0 Å². The molecule has 1 aliphatic heterocycles. The highest BCUT2D eigenvalue weighted by Crippen LogP contribution is 2.34. The number of amides is 1. The van der Waals surface area contributed by atoms with Gasteiger partial charge in [-0.3, -0.25) is 14.6 Å². The lowest BCUT2D eigenvalue weighted by molar-refractivity contribution is -0.132. The molecule has 27 heavy (non-hydrogen) atoms. The van der Waals surface area contributed by atoms with Gasteiger partial charge in [-0.2, -0.15) is 10.2 Å². The molecule has 4 rings (SSSR count). The van der Waals surface area contributed by atoms with Crippen LogP contribution in [-0.2, 0) is 11.3 Å². The molecule has 1 aliphatic rings. The number of nitrogens with zero attached hydrogens (tertiary/aromatic N) is 5. The maximum atomic E-state index is 13.6. The second-order valence-corrected chi connectivity index (χ2v) is 6.77. The molecule has 1 saturated heterocycles. The van der Waals surface area contributed by atoms with Crippen molar-refractivity contribution >= 4 is 5.91 Å². The maximum absolute atomic E-state index is 13.6. The molecular weight excluding hydrogens is 347 g/mol. The molecule has 1 N–H and O–H groups in total. The lowest BCUT2D eigenvalue weighted by Crippen LogP contribution is -2.38. The maximum Gasteiger partial charge on any atom is 0.224 e. The van der Waals surface area contributed by atoms with Crippen molar-refractivity contribution in [3.8, 4) is 11.1 Å². The first-order valence-corrected chi connectivity index (χ1v) is 9.10. The van der Waals surface area contributed by atoms with Gasteiger partial charge in [-0.1, -0.05) is 12.1 Å². The summed E-state index contributed by atoms with van der Waals surface area (Å²) in [6.07, 6.45) is 6.98. The number of hydrogen-bond donors (Lipinski definition) is 1. The SMILES string of the molecule is O=C(CCn1cncn1)N1CCC(c2[nH]ncc2-c2cccc(F)c2)CC1. The fraction of sp³-hybridized carbons (Fsp3) is 0.368. The lowest BCUT2D eigenvalue weighted by atomic mass is 9.89. The van der Waals surface area contributed by atoms with Crippen LogP contribution in [0.15, 0.2) is 43.1 Å². The summed E-state index contributed by atoms with van der Waals surface area (Å²) in [7, 11) is 0. The van der Waals surface area contributed by atoms with Crippen LogP contribution in [0, 0.1) is 5.82 Å². The van der Waals surface area contributed by atoms with Crippen LogP contribution in [0.1, 0.15) is 30.9 Å². The van der Waals surface area contributed by atoms with Crippen LogP contribution in [0.25, 0.3) is 11.1 Å². The zero-order valence-electron chi connectivity index (χ0n) is 14.9. The number of carbonyl (C=O) groups excluding carboxylic acids is 1. The Hall–Kier alpha value is -3.03. The standard InChI is InChI=1S/C19H21FN6O/c20-16-3-1-2-15(10-16)17-11-22-24-19(17)14-4-7-25(8-5-14)18(27)6-9-26-13-21-12-23-26/h1-3,10-14H,4-9H2,(H,22,24). The van der Waals surface area contributed by atoms with Crippen LogP contribution in [-0.4, -0.2) is 48.9 Å². The Morgan fingerprint density at radius 3 is 2.89 bits per heavy atom. The molecule has 0 saturated carbocycles. The van der Waals surface area contributed by atoms with E-state index in [1.165, 1.54) is 18.5 Å². The number of H-pyrrole nitrogens is 1. The number of nitrogens with one attached hydrogen (secondary N) is 1. The third kappa shape index (κ3) is 3.89. The zero-order valence-corrected chi connectivity index (χ0v) is 14.9. The Morgan fingerprint density at radius 1 is 1.30 bits per heavy atom. The third-order valence-electron chi connectivity index (χ3n) is 5.08. The molecule has 0 unspecified atom stereocenters. The second kappa shape index (κ2) is 7.69. The van der Waals surface area contributed by atoms with Gasteiger partial charge in [0.2, 0.25) is 5.91 Å². The topological polar surface area (TPSA) is 79.7 Å². The van der Waals surface area contributed by atoms with Crippen molar-refractivity contribution in [1.82, 2.24) is 29.9 Å². The molecule has 0 atom stereocenters. The summed E-state index contributed by atoms with van der Waals surface area (Å²) < 4.78 is 15.2. The number of aryl methyl sites for hydroxylation is 1. The predicted octanol–water partition coefficient (Wildman–Crippen LogP) is 2.60. The van der Waals surface area contributed by atoms with Gasteiger partial charge in [-0.05, 0) is 30.5 Å². The highest BCUT2D eigenvalue weighted by molar-refractivity contribution is 5.76. The zero-order chi connectivity index (χ0) is 18.6. The number of aromatic nitrogens is 5. The molecular formula is C19H21FN6O. The minimum Gasteiger partial charge on any atom is -0.343 e. The number of benzene rings is 1. The van der Waals surface area contributed by atoms with E-state index < -0.39 is 0 Å². The molecule has 1 amide bonds. The molecule has 3 aromatic rings. The Labute approximate surface area is 156 Å². The van der Waals surface area contributed by atoms with E-state index in [1.54, 1.807) is 23.3 Å². The molecule has 0 aliphatic carbocycles. The first-order valence-electron chi connectivity index (χ1n) is 9.10. The number of rotatable bonds is 5. The highest BCUT2D eigenvalue weighted by Gasteiger charge is 2.26. The van der Waals surface area contributed by atoms with Crippen LogP contribution in [0.2, 0.25) is 0 Å². The van der Waals surface area contributed by atoms with Crippen molar-refractivity contribution in [1.29, 1.82) is 0 Å². The van der Waals surface area contributed by atoms with Gasteiger partial charge < -0.3 is 4.90 Å². The van der Waals surface area contributed by atoms with E-state index in [0.29, 0.717) is 26.1 Å². The minimum atomic E-state index is -0.257. The number of aromatic amines is 1. The number of hydrogen-bond acceptors (Lipinski definition) is 4. The van der Waals surface area contributed by atoms with Gasteiger partial charge in [0.05, 0.1) is 12.7 Å². The van der Waals surface area contributed by atoms with E-state index in [1.807, 2.05) is 11.0 Å². The summed E-state index contributed by atoms with van der Waals surface area (Å²) in [6, 6.07) is 6.56. The van der Waals surface area contributed by atoms with Gasteiger partial charge >= 0.3 is 0 Å². The van der Waals surface area contributed by atoms with Crippen LogP contribution in [0.3, 0.4) is 0 Å². The van der Waals surface area contributed by atoms with Crippen molar-refractivity contribution in [3.63, 3.8) is 0 Å². The van der Waals surface area contributed by atoms with Crippen LogP contribution in [0.4, 0.5) is 4.39 Å². The van der Waals surface area contributed by atoms with Crippen molar-refractivity contribution < 1.29 is 9.18 Å². The van der Waals surface area contributed by atoms with Crippen molar-refractivity contribution in [2.45, 2.75) is 31.7 Å². The summed E-state index contributed by atoms with van der Waals surface area (Å²) in [5.74, 6) is 0.163. The molecule has 7 nitrogen and oxygen atoms in total. The molecule has 2 aromatic heterocycles. The smallest absolute Gasteiger partial charge is 0.224 e. The van der Waals surface area contributed by atoms with Crippen LogP contribution >= 0.6 is 0 Å². The highest BCUT2D eigenvalue weighted by atomic mass is 19.1. The average molecular weight is 368 g/mol. The summed E-state index contributed by atoms with van der Waals surface area (Å²) in [5, 5.41) is 11.3. The van der Waals surface area contributed by atoms with Crippen LogP contribution in [0.5, 0.6) is 0 Å². The molecule has 0 radical (unpaired) electrons. The predicted molar refractivity (Wildman–Crippen MR) is 97.2 cm³/mol. The van der Waals surface area contributed by atoms with E-state index in [-0.39, 0.29) is 17.6 Å². The van der Waals surface area contributed by atoms with Gasteiger partial charge in [0, 0.05) is 36.7 Å². The average Bonchev–Trinajstić information content (AvgIpc) is 3.38. The molecule has 8 heteroatoms. The number of carbonyl (C=O) groups is 1. The summed E-state index contributed by atoms with van der Waals surface area (Å²) >= 11 is 0. The van der Waals surface area contributed by atoms with Crippen molar-refractivity contribution in [3.05, 3.63) is 54.6 Å². The van der Waals surface area contributed by atoms with Gasteiger partial charge in [-0.25, -0.2) is 9.37 Å². The fourth-order valence-electron chi connectivity index (χ4n) is 3.63. The van der Waals surface area contributed by atoms with Gasteiger partial charge in [0.15, 0.2) is 0 Å². The second-order valence-electron chi connectivity index (χ2n) is 6.77. The van der Waals surface area contributed by atoms with E-state index in [9.17, 15) is 9.18 Å². The van der Waals surface area contributed by atoms with Crippen LogP contribution < -0.4 is 0 Å². The molecule has 140 valence electrons. The van der Waals surface area contributed by atoms with E-state index in [4.69, 9.17) is 0 Å².